The molecule has 25 heavy (non-hydrogen) atoms. The van der Waals surface area contributed by atoms with Crippen molar-refractivity contribution in [3.8, 4) is 0 Å². The first-order chi connectivity index (χ1) is 12.1. The summed E-state index contributed by atoms with van der Waals surface area (Å²) in [6, 6.07) is 5.07. The maximum absolute atomic E-state index is 11.7. The van der Waals surface area contributed by atoms with E-state index in [4.69, 9.17) is 4.74 Å². The third-order valence-corrected chi connectivity index (χ3v) is 4.19. The quantitative estimate of drug-likeness (QED) is 0.887. The largest absolute Gasteiger partial charge is 0.465 e. The molecule has 0 aliphatic carbocycles. The number of ether oxygens (including phenoxy) is 1. The first kappa shape index (κ1) is 17.1. The minimum Gasteiger partial charge on any atom is -0.465 e. The van der Waals surface area contributed by atoms with Crippen LogP contribution in [0.15, 0.2) is 36.8 Å². The molecule has 0 spiro atoms. The van der Waals surface area contributed by atoms with Gasteiger partial charge in [-0.25, -0.2) is 14.8 Å². The zero-order chi connectivity index (χ0) is 17.6. The lowest BCUT2D eigenvalue weighted by molar-refractivity contribution is 0.121. The maximum Gasteiger partial charge on any atom is 0.408 e. The van der Waals surface area contributed by atoms with E-state index >= 15 is 0 Å². The number of morpholine rings is 1. The minimum absolute atomic E-state index is 0.179. The van der Waals surface area contributed by atoms with E-state index in [1.165, 1.54) is 4.90 Å². The van der Waals surface area contributed by atoms with Gasteiger partial charge in [-0.3, -0.25) is 9.88 Å². The summed E-state index contributed by atoms with van der Waals surface area (Å²) in [6.45, 7) is 5.05. The molecule has 1 fully saturated rings. The number of carbonyl (C=O) groups is 1. The SMILES string of the molecule is CC(c1ncccn1)N(Cc1ccc(N2CCOCC2)cn1)C(=O)O. The molecule has 1 aliphatic heterocycles. The summed E-state index contributed by atoms with van der Waals surface area (Å²) in [7, 11) is 0. The third kappa shape index (κ3) is 4.21. The number of rotatable bonds is 5. The van der Waals surface area contributed by atoms with Gasteiger partial charge >= 0.3 is 6.09 Å². The van der Waals surface area contributed by atoms with Crippen LogP contribution >= 0.6 is 0 Å². The van der Waals surface area contributed by atoms with E-state index in [9.17, 15) is 9.90 Å². The molecule has 1 saturated heterocycles. The molecule has 3 heterocycles. The van der Waals surface area contributed by atoms with Crippen molar-refractivity contribution in [3.63, 3.8) is 0 Å². The Kier molecular flexibility index (Phi) is 5.39. The third-order valence-electron chi connectivity index (χ3n) is 4.19. The summed E-state index contributed by atoms with van der Waals surface area (Å²) in [6.07, 6.45) is 3.96. The van der Waals surface area contributed by atoms with E-state index in [1.807, 2.05) is 12.1 Å². The van der Waals surface area contributed by atoms with Gasteiger partial charge in [-0.05, 0) is 25.1 Å². The van der Waals surface area contributed by atoms with Gasteiger partial charge in [-0.15, -0.1) is 0 Å². The fourth-order valence-corrected chi connectivity index (χ4v) is 2.73. The summed E-state index contributed by atoms with van der Waals surface area (Å²) in [5.74, 6) is 0.467. The van der Waals surface area contributed by atoms with Crippen LogP contribution in [0.5, 0.6) is 0 Å². The number of nitrogens with zero attached hydrogens (tertiary/aromatic N) is 5. The molecule has 2 aromatic rings. The lowest BCUT2D eigenvalue weighted by atomic mass is 10.2. The van der Waals surface area contributed by atoms with Gasteiger partial charge in [0, 0.05) is 25.5 Å². The predicted molar refractivity (Wildman–Crippen MR) is 91.3 cm³/mol. The van der Waals surface area contributed by atoms with Crippen molar-refractivity contribution < 1.29 is 14.6 Å². The summed E-state index contributed by atoms with van der Waals surface area (Å²) in [4.78, 5) is 27.9. The molecule has 0 aromatic carbocycles. The normalized spacial score (nSPS) is 15.6. The molecule has 1 N–H and O–H groups in total. The topological polar surface area (TPSA) is 91.7 Å². The zero-order valence-corrected chi connectivity index (χ0v) is 14.1. The monoisotopic (exact) mass is 343 g/mol. The molecule has 2 aromatic heterocycles. The molecule has 0 saturated carbocycles. The Balaban J connectivity index is 1.71. The summed E-state index contributed by atoms with van der Waals surface area (Å²) in [5, 5.41) is 9.55. The van der Waals surface area contributed by atoms with Gasteiger partial charge in [0.2, 0.25) is 0 Å². The van der Waals surface area contributed by atoms with Crippen LogP contribution in [0.1, 0.15) is 24.5 Å². The van der Waals surface area contributed by atoms with Gasteiger partial charge in [0.15, 0.2) is 5.82 Å². The van der Waals surface area contributed by atoms with Crippen LogP contribution in [0.2, 0.25) is 0 Å². The average Bonchev–Trinajstić information content (AvgIpc) is 2.67. The molecule has 1 aliphatic rings. The summed E-state index contributed by atoms with van der Waals surface area (Å²) < 4.78 is 5.35. The Bertz CT molecular complexity index is 689. The number of anilines is 1. The molecule has 0 bridgehead atoms. The van der Waals surface area contributed by atoms with Gasteiger partial charge < -0.3 is 14.7 Å². The summed E-state index contributed by atoms with van der Waals surface area (Å²) >= 11 is 0. The molecule has 8 nitrogen and oxygen atoms in total. The highest BCUT2D eigenvalue weighted by Crippen LogP contribution is 2.20. The molecular formula is C17H21N5O3. The van der Waals surface area contributed by atoms with Crippen molar-refractivity contribution in [1.29, 1.82) is 0 Å². The van der Waals surface area contributed by atoms with Crippen molar-refractivity contribution in [2.45, 2.75) is 19.5 Å². The molecule has 1 amide bonds. The lowest BCUT2D eigenvalue weighted by Gasteiger charge is -2.29. The van der Waals surface area contributed by atoms with Gasteiger partial charge in [0.25, 0.3) is 0 Å². The Morgan fingerprint density at radius 2 is 2.00 bits per heavy atom. The van der Waals surface area contributed by atoms with Crippen molar-refractivity contribution in [3.05, 3.63) is 48.3 Å². The molecule has 3 rings (SSSR count). The highest BCUT2D eigenvalue weighted by molar-refractivity contribution is 5.65. The van der Waals surface area contributed by atoms with E-state index < -0.39 is 12.1 Å². The number of hydrogen-bond acceptors (Lipinski definition) is 6. The average molecular weight is 343 g/mol. The van der Waals surface area contributed by atoms with Gasteiger partial charge in [0.1, 0.15) is 0 Å². The molecule has 8 heteroatoms. The zero-order valence-electron chi connectivity index (χ0n) is 14.1. The smallest absolute Gasteiger partial charge is 0.408 e. The molecule has 0 radical (unpaired) electrons. The lowest BCUT2D eigenvalue weighted by Crippen LogP contribution is -2.36. The fourth-order valence-electron chi connectivity index (χ4n) is 2.73. The van der Waals surface area contributed by atoms with Crippen LogP contribution in [0, 0.1) is 0 Å². The van der Waals surface area contributed by atoms with Crippen LogP contribution in [0.25, 0.3) is 0 Å². The number of pyridine rings is 1. The Hall–Kier alpha value is -2.74. The Morgan fingerprint density at radius 1 is 1.28 bits per heavy atom. The number of hydrogen-bond donors (Lipinski definition) is 1. The van der Waals surface area contributed by atoms with Crippen LogP contribution in [-0.4, -0.2) is 57.4 Å². The van der Waals surface area contributed by atoms with Crippen LogP contribution in [-0.2, 0) is 11.3 Å². The predicted octanol–water partition coefficient (Wildman–Crippen LogP) is 1.95. The highest BCUT2D eigenvalue weighted by atomic mass is 16.5. The Morgan fingerprint density at radius 3 is 2.60 bits per heavy atom. The summed E-state index contributed by atoms with van der Waals surface area (Å²) in [5.41, 5.74) is 1.70. The maximum atomic E-state index is 11.7. The van der Waals surface area contributed by atoms with Crippen molar-refractivity contribution in [1.82, 2.24) is 19.9 Å². The highest BCUT2D eigenvalue weighted by Gasteiger charge is 2.23. The van der Waals surface area contributed by atoms with Crippen molar-refractivity contribution >= 4 is 11.8 Å². The van der Waals surface area contributed by atoms with E-state index in [1.54, 1.807) is 31.6 Å². The molecule has 1 unspecified atom stereocenters. The van der Waals surface area contributed by atoms with Gasteiger partial charge in [-0.1, -0.05) is 0 Å². The second-order valence-electron chi connectivity index (χ2n) is 5.80. The minimum atomic E-state index is -1.03. The standard InChI is InChI=1S/C17H21N5O3/c1-13(16-18-5-2-6-19-16)22(17(23)24)12-14-3-4-15(11-20-14)21-7-9-25-10-8-21/h2-6,11,13H,7-10,12H2,1H3,(H,23,24). The first-order valence-corrected chi connectivity index (χ1v) is 8.19. The fraction of sp³-hybridized carbons (Fsp3) is 0.412. The van der Waals surface area contributed by atoms with Crippen LogP contribution < -0.4 is 4.90 Å². The van der Waals surface area contributed by atoms with Crippen LogP contribution in [0.4, 0.5) is 10.5 Å². The number of aromatic nitrogens is 3. The number of carboxylic acid groups (broad SMARTS) is 1. The Labute approximate surface area is 146 Å². The second-order valence-corrected chi connectivity index (χ2v) is 5.80. The van der Waals surface area contributed by atoms with Crippen molar-refractivity contribution in [2.24, 2.45) is 0 Å². The second kappa shape index (κ2) is 7.89. The van der Waals surface area contributed by atoms with Gasteiger partial charge in [0.05, 0.1) is 43.4 Å². The van der Waals surface area contributed by atoms with E-state index in [0.29, 0.717) is 24.7 Å². The van der Waals surface area contributed by atoms with Crippen LogP contribution in [0.3, 0.4) is 0 Å². The van der Waals surface area contributed by atoms with E-state index in [0.717, 1.165) is 18.8 Å². The van der Waals surface area contributed by atoms with Crippen molar-refractivity contribution in [2.75, 3.05) is 31.2 Å². The molecule has 132 valence electrons. The first-order valence-electron chi connectivity index (χ1n) is 8.19. The molecule has 1 atom stereocenters. The van der Waals surface area contributed by atoms with E-state index in [-0.39, 0.29) is 6.54 Å². The van der Waals surface area contributed by atoms with Gasteiger partial charge in [-0.2, -0.15) is 0 Å². The number of amides is 1. The molecular weight excluding hydrogens is 322 g/mol. The van der Waals surface area contributed by atoms with E-state index in [2.05, 4.69) is 19.9 Å².